The Morgan fingerprint density at radius 1 is 1.36 bits per heavy atom. The van der Waals surface area contributed by atoms with Gasteiger partial charge in [0.2, 0.25) is 12.5 Å². The van der Waals surface area contributed by atoms with Gasteiger partial charge in [-0.2, -0.15) is 11.3 Å². The SMILES string of the molecule is COc1c2c(cc(C(=O)O)c1N(C(=O)NS(=O)(=O)c1ccsc1)c1onc(C)c1Cl)OCO2. The Labute approximate surface area is 195 Å². The Morgan fingerprint density at radius 2 is 2.12 bits per heavy atom. The number of aryl methyl sites for hydroxylation is 1. The summed E-state index contributed by atoms with van der Waals surface area (Å²) in [4.78, 5) is 25.9. The van der Waals surface area contributed by atoms with Crippen molar-refractivity contribution in [2.24, 2.45) is 0 Å². The Bertz CT molecular complexity index is 1350. The average Bonchev–Trinajstić information content (AvgIpc) is 3.51. The number of anilines is 2. The van der Waals surface area contributed by atoms with Crippen molar-refractivity contribution in [3.8, 4) is 17.2 Å². The third-order valence-electron chi connectivity index (χ3n) is 4.46. The summed E-state index contributed by atoms with van der Waals surface area (Å²) in [5.41, 5.74) is -0.726. The highest BCUT2D eigenvalue weighted by Gasteiger charge is 2.38. The second-order valence-electron chi connectivity index (χ2n) is 6.44. The second kappa shape index (κ2) is 8.46. The zero-order valence-electron chi connectivity index (χ0n) is 16.8. The maximum atomic E-state index is 13.3. The minimum atomic E-state index is -4.33. The third-order valence-corrected chi connectivity index (χ3v) is 7.04. The van der Waals surface area contributed by atoms with E-state index in [1.54, 1.807) is 0 Å². The van der Waals surface area contributed by atoms with E-state index in [1.807, 2.05) is 4.72 Å². The molecule has 2 amide bonds. The summed E-state index contributed by atoms with van der Waals surface area (Å²) in [5, 5.41) is 16.2. The van der Waals surface area contributed by atoms with Gasteiger partial charge in [0.15, 0.2) is 11.5 Å². The Morgan fingerprint density at radius 3 is 2.70 bits per heavy atom. The van der Waals surface area contributed by atoms with E-state index in [0.29, 0.717) is 4.90 Å². The van der Waals surface area contributed by atoms with Gasteiger partial charge in [-0.15, -0.1) is 0 Å². The zero-order chi connectivity index (χ0) is 23.9. The number of aromatic carboxylic acids is 1. The number of urea groups is 1. The van der Waals surface area contributed by atoms with Gasteiger partial charge in [-0.3, -0.25) is 0 Å². The summed E-state index contributed by atoms with van der Waals surface area (Å²) < 4.78 is 48.4. The molecule has 1 aliphatic heterocycles. The summed E-state index contributed by atoms with van der Waals surface area (Å²) in [5.74, 6) is -2.09. The normalized spacial score (nSPS) is 12.5. The summed E-state index contributed by atoms with van der Waals surface area (Å²) in [7, 11) is -3.12. The molecule has 12 nitrogen and oxygen atoms in total. The number of sulfonamides is 1. The molecular weight excluding hydrogens is 502 g/mol. The van der Waals surface area contributed by atoms with E-state index in [1.165, 1.54) is 30.9 Å². The first-order valence-corrected chi connectivity index (χ1v) is 11.7. The predicted octanol–water partition coefficient (Wildman–Crippen LogP) is 3.37. The van der Waals surface area contributed by atoms with Crippen LogP contribution < -0.4 is 23.8 Å². The lowest BCUT2D eigenvalue weighted by Gasteiger charge is -2.24. The standard InChI is InChI=1S/C18H14ClN3O9S2/c1-8-12(19)16(31-20-8)22(18(25)21-33(26,27)9-3-4-32-6-9)13-10(17(23)24)5-11-14(15(13)28-2)30-7-29-11/h3-6H,7H2,1-2H3,(H,21,25)(H,23,24). The van der Waals surface area contributed by atoms with Crippen LogP contribution in [0.4, 0.5) is 16.4 Å². The van der Waals surface area contributed by atoms with Crippen molar-refractivity contribution in [1.82, 2.24) is 9.88 Å². The molecule has 15 heteroatoms. The molecule has 1 aliphatic rings. The Kier molecular flexibility index (Phi) is 5.82. The number of hydrogen-bond donors (Lipinski definition) is 2. The monoisotopic (exact) mass is 515 g/mol. The van der Waals surface area contributed by atoms with Crippen LogP contribution in [0.2, 0.25) is 5.02 Å². The number of halogens is 1. The van der Waals surface area contributed by atoms with Gasteiger partial charge in [-0.1, -0.05) is 16.8 Å². The quantitative estimate of drug-likeness (QED) is 0.498. The number of fused-ring (bicyclic) bond motifs is 1. The first-order chi connectivity index (χ1) is 15.7. The summed E-state index contributed by atoms with van der Waals surface area (Å²) >= 11 is 7.35. The number of carboxylic acid groups (broad SMARTS) is 1. The van der Waals surface area contributed by atoms with Crippen molar-refractivity contribution in [3.05, 3.63) is 39.2 Å². The van der Waals surface area contributed by atoms with Crippen LogP contribution in [0.5, 0.6) is 17.2 Å². The summed E-state index contributed by atoms with van der Waals surface area (Å²) in [6, 6.07) is 1.09. The molecule has 4 rings (SSSR count). The molecule has 0 atom stereocenters. The van der Waals surface area contributed by atoms with Crippen LogP contribution in [0, 0.1) is 6.92 Å². The van der Waals surface area contributed by atoms with E-state index >= 15 is 0 Å². The van der Waals surface area contributed by atoms with Gasteiger partial charge in [-0.25, -0.2) is 27.6 Å². The van der Waals surface area contributed by atoms with Crippen LogP contribution in [0.25, 0.3) is 0 Å². The topological polar surface area (TPSA) is 157 Å². The third kappa shape index (κ3) is 3.92. The number of carbonyl (C=O) groups is 2. The highest BCUT2D eigenvalue weighted by atomic mass is 35.5. The number of rotatable bonds is 6. The fourth-order valence-electron chi connectivity index (χ4n) is 2.98. The smallest absolute Gasteiger partial charge is 0.343 e. The lowest BCUT2D eigenvalue weighted by atomic mass is 10.1. The lowest BCUT2D eigenvalue weighted by molar-refractivity contribution is 0.0697. The van der Waals surface area contributed by atoms with Crippen LogP contribution in [0.3, 0.4) is 0 Å². The number of nitrogens with one attached hydrogen (secondary N) is 1. The number of hydrogen-bond acceptors (Lipinski definition) is 10. The molecule has 0 radical (unpaired) electrons. The van der Waals surface area contributed by atoms with E-state index in [-0.39, 0.29) is 39.7 Å². The number of aromatic nitrogens is 1. The van der Waals surface area contributed by atoms with Crippen LogP contribution in [-0.2, 0) is 10.0 Å². The number of ether oxygens (including phenoxy) is 3. The predicted molar refractivity (Wildman–Crippen MR) is 115 cm³/mol. The fourth-order valence-corrected chi connectivity index (χ4v) is 5.10. The minimum absolute atomic E-state index is 0.00310. The van der Waals surface area contributed by atoms with Crippen LogP contribution in [-0.4, -0.2) is 44.6 Å². The fraction of sp³-hybridized carbons (Fsp3) is 0.167. The number of carbonyl (C=O) groups excluding carboxylic acids is 1. The zero-order valence-corrected chi connectivity index (χ0v) is 19.2. The summed E-state index contributed by atoms with van der Waals surface area (Å²) in [6.07, 6.45) is 0. The van der Waals surface area contributed by atoms with Crippen molar-refractivity contribution in [1.29, 1.82) is 0 Å². The molecule has 0 unspecified atom stereocenters. The molecule has 0 saturated carbocycles. The molecule has 174 valence electrons. The van der Waals surface area contributed by atoms with Gasteiger partial charge in [0.25, 0.3) is 15.9 Å². The van der Waals surface area contributed by atoms with Crippen molar-refractivity contribution in [2.75, 3.05) is 18.8 Å². The Balaban J connectivity index is 1.95. The number of amides is 2. The van der Waals surface area contributed by atoms with Gasteiger partial charge in [0.1, 0.15) is 16.4 Å². The van der Waals surface area contributed by atoms with E-state index in [4.69, 9.17) is 30.3 Å². The molecule has 33 heavy (non-hydrogen) atoms. The first kappa shape index (κ1) is 22.7. The molecular formula is C18H14ClN3O9S2. The maximum Gasteiger partial charge on any atom is 0.343 e. The van der Waals surface area contributed by atoms with Crippen molar-refractivity contribution in [3.63, 3.8) is 0 Å². The van der Waals surface area contributed by atoms with Crippen molar-refractivity contribution < 1.29 is 41.8 Å². The average molecular weight is 516 g/mol. The molecule has 0 aliphatic carbocycles. The lowest BCUT2D eigenvalue weighted by Crippen LogP contribution is -2.41. The molecule has 1 aromatic carbocycles. The highest BCUT2D eigenvalue weighted by molar-refractivity contribution is 7.90. The number of methoxy groups -OCH3 is 1. The van der Waals surface area contributed by atoms with Crippen molar-refractivity contribution >= 4 is 56.5 Å². The van der Waals surface area contributed by atoms with Gasteiger partial charge in [-0.05, 0) is 18.4 Å². The van der Waals surface area contributed by atoms with E-state index < -0.39 is 39.2 Å². The van der Waals surface area contributed by atoms with Gasteiger partial charge in [0.05, 0.1) is 17.6 Å². The van der Waals surface area contributed by atoms with Gasteiger partial charge < -0.3 is 23.8 Å². The number of nitrogens with zero attached hydrogens (tertiary/aromatic N) is 2. The first-order valence-electron chi connectivity index (χ1n) is 8.90. The van der Waals surface area contributed by atoms with Crippen LogP contribution in [0.15, 0.2) is 32.3 Å². The number of benzene rings is 1. The van der Waals surface area contributed by atoms with E-state index in [0.717, 1.165) is 17.4 Å². The largest absolute Gasteiger partial charge is 0.491 e. The van der Waals surface area contributed by atoms with Gasteiger partial charge >= 0.3 is 12.0 Å². The highest BCUT2D eigenvalue weighted by Crippen LogP contribution is 2.51. The summed E-state index contributed by atoms with van der Waals surface area (Å²) in [6.45, 7) is 1.25. The molecule has 2 aromatic heterocycles. The van der Waals surface area contributed by atoms with E-state index in [9.17, 15) is 23.1 Å². The molecule has 0 spiro atoms. The molecule has 2 N–H and O–H groups in total. The van der Waals surface area contributed by atoms with Crippen LogP contribution in [0.1, 0.15) is 16.1 Å². The second-order valence-corrected chi connectivity index (χ2v) is 9.28. The van der Waals surface area contributed by atoms with Crippen molar-refractivity contribution in [2.45, 2.75) is 11.8 Å². The maximum absolute atomic E-state index is 13.3. The molecule has 0 saturated heterocycles. The number of thiophene rings is 1. The molecule has 0 bridgehead atoms. The Hall–Kier alpha value is -3.49. The molecule has 3 aromatic rings. The van der Waals surface area contributed by atoms with Gasteiger partial charge in [0, 0.05) is 11.4 Å². The number of carboxylic acids is 1. The minimum Gasteiger partial charge on any atom is -0.491 e. The van der Waals surface area contributed by atoms with Crippen LogP contribution >= 0.6 is 22.9 Å². The van der Waals surface area contributed by atoms with E-state index in [2.05, 4.69) is 5.16 Å². The molecule has 3 heterocycles. The molecule has 0 fully saturated rings.